The standard InChI is InChI=1S/C23H20O/c1-3-10-20-17-21(15-16-22(20)24-2)23(18-11-6-4-7-12-18)19-13-8-5-9-14-19/h4-17,23H,1H2,2H3. The van der Waals surface area contributed by atoms with Crippen molar-refractivity contribution in [2.75, 3.05) is 7.11 Å². The molecule has 1 heteroatoms. The van der Waals surface area contributed by atoms with Gasteiger partial charge in [-0.15, -0.1) is 5.73 Å². The molecule has 0 unspecified atom stereocenters. The Morgan fingerprint density at radius 2 is 1.42 bits per heavy atom. The molecule has 0 aromatic heterocycles. The van der Waals surface area contributed by atoms with Crippen molar-refractivity contribution in [2.24, 2.45) is 0 Å². The summed E-state index contributed by atoms with van der Waals surface area (Å²) in [7, 11) is 1.68. The van der Waals surface area contributed by atoms with Crippen LogP contribution in [0.25, 0.3) is 6.08 Å². The Hall–Kier alpha value is -3.02. The highest BCUT2D eigenvalue weighted by Crippen LogP contribution is 2.34. The molecule has 0 amide bonds. The van der Waals surface area contributed by atoms with Crippen LogP contribution in [0.15, 0.2) is 91.2 Å². The van der Waals surface area contributed by atoms with E-state index in [1.54, 1.807) is 7.11 Å². The fraction of sp³-hybridized carbons (Fsp3) is 0.0870. The molecular weight excluding hydrogens is 292 g/mol. The van der Waals surface area contributed by atoms with Gasteiger partial charge in [-0.25, -0.2) is 0 Å². The van der Waals surface area contributed by atoms with Crippen LogP contribution in [0.1, 0.15) is 28.2 Å². The van der Waals surface area contributed by atoms with Crippen molar-refractivity contribution >= 4 is 6.08 Å². The van der Waals surface area contributed by atoms with Gasteiger partial charge >= 0.3 is 0 Å². The van der Waals surface area contributed by atoms with Gasteiger partial charge in [0.05, 0.1) is 7.11 Å². The van der Waals surface area contributed by atoms with Gasteiger partial charge in [0.2, 0.25) is 0 Å². The van der Waals surface area contributed by atoms with Crippen LogP contribution in [-0.2, 0) is 0 Å². The van der Waals surface area contributed by atoms with Gasteiger partial charge in [-0.2, -0.15) is 0 Å². The first-order valence-corrected chi connectivity index (χ1v) is 7.97. The first-order chi connectivity index (χ1) is 11.8. The van der Waals surface area contributed by atoms with Crippen molar-refractivity contribution in [1.82, 2.24) is 0 Å². The summed E-state index contributed by atoms with van der Waals surface area (Å²) in [5.74, 6) is 1.00. The van der Waals surface area contributed by atoms with Crippen LogP contribution in [-0.4, -0.2) is 7.11 Å². The van der Waals surface area contributed by atoms with Gasteiger partial charge in [0.15, 0.2) is 0 Å². The van der Waals surface area contributed by atoms with Crippen molar-refractivity contribution in [1.29, 1.82) is 0 Å². The van der Waals surface area contributed by atoms with Gasteiger partial charge in [-0.1, -0.05) is 73.3 Å². The van der Waals surface area contributed by atoms with Gasteiger partial charge in [-0.05, 0) is 34.9 Å². The van der Waals surface area contributed by atoms with Crippen LogP contribution >= 0.6 is 0 Å². The highest BCUT2D eigenvalue weighted by molar-refractivity contribution is 5.59. The second kappa shape index (κ2) is 7.50. The van der Waals surface area contributed by atoms with Crippen molar-refractivity contribution in [3.05, 3.63) is 113 Å². The lowest BCUT2D eigenvalue weighted by molar-refractivity contribution is 0.413. The maximum Gasteiger partial charge on any atom is 0.126 e. The Labute approximate surface area is 143 Å². The summed E-state index contributed by atoms with van der Waals surface area (Å²) < 4.78 is 5.45. The molecule has 3 aromatic rings. The van der Waals surface area contributed by atoms with E-state index in [0.717, 1.165) is 11.3 Å². The second-order valence-corrected chi connectivity index (χ2v) is 5.60. The van der Waals surface area contributed by atoms with Crippen LogP contribution < -0.4 is 4.74 Å². The Kier molecular flexibility index (Phi) is 4.96. The van der Waals surface area contributed by atoms with E-state index in [4.69, 9.17) is 4.74 Å². The maximum absolute atomic E-state index is 5.45. The number of benzene rings is 3. The Balaban J connectivity index is 2.16. The quantitative estimate of drug-likeness (QED) is 0.435. The van der Waals surface area contributed by atoms with E-state index in [0.29, 0.717) is 0 Å². The Morgan fingerprint density at radius 3 is 1.92 bits per heavy atom. The van der Waals surface area contributed by atoms with Crippen LogP contribution in [0.5, 0.6) is 5.75 Å². The molecule has 0 spiro atoms. The number of ether oxygens (including phenoxy) is 1. The largest absolute Gasteiger partial charge is 0.496 e. The zero-order valence-electron chi connectivity index (χ0n) is 13.8. The lowest BCUT2D eigenvalue weighted by Crippen LogP contribution is -2.04. The number of methoxy groups -OCH3 is 1. The fourth-order valence-corrected chi connectivity index (χ4v) is 3.02. The van der Waals surface area contributed by atoms with E-state index in [9.17, 15) is 0 Å². The van der Waals surface area contributed by atoms with Crippen molar-refractivity contribution in [2.45, 2.75) is 5.92 Å². The molecule has 118 valence electrons. The minimum atomic E-state index is 0.176. The third-order valence-corrected chi connectivity index (χ3v) is 4.11. The molecule has 0 saturated heterocycles. The minimum absolute atomic E-state index is 0.176. The maximum atomic E-state index is 5.45. The molecule has 24 heavy (non-hydrogen) atoms. The first-order valence-electron chi connectivity index (χ1n) is 7.97. The molecule has 0 aliphatic heterocycles. The molecule has 3 aromatic carbocycles. The van der Waals surface area contributed by atoms with Crippen molar-refractivity contribution in [3.63, 3.8) is 0 Å². The zero-order valence-corrected chi connectivity index (χ0v) is 13.8. The summed E-state index contributed by atoms with van der Waals surface area (Å²) in [5, 5.41) is 0. The van der Waals surface area contributed by atoms with Gasteiger partial charge < -0.3 is 4.74 Å². The number of hydrogen-bond donors (Lipinski definition) is 0. The molecule has 0 heterocycles. The average molecular weight is 312 g/mol. The van der Waals surface area contributed by atoms with Gasteiger partial charge in [0, 0.05) is 11.5 Å². The van der Waals surface area contributed by atoms with Crippen LogP contribution in [0, 0.1) is 0 Å². The fourth-order valence-electron chi connectivity index (χ4n) is 3.02. The predicted molar refractivity (Wildman–Crippen MR) is 100 cm³/mol. The summed E-state index contributed by atoms with van der Waals surface area (Å²) in [6, 6.07) is 27.4. The smallest absolute Gasteiger partial charge is 0.126 e. The second-order valence-electron chi connectivity index (χ2n) is 5.60. The summed E-state index contributed by atoms with van der Waals surface area (Å²) in [6.45, 7) is 3.69. The molecule has 0 aliphatic carbocycles. The zero-order chi connectivity index (χ0) is 16.8. The molecule has 1 nitrogen and oxygen atoms in total. The van der Waals surface area contributed by atoms with E-state index < -0.39 is 0 Å². The van der Waals surface area contributed by atoms with Gasteiger partial charge in [0.25, 0.3) is 0 Å². The molecule has 0 fully saturated rings. The molecule has 0 N–H and O–H groups in total. The SMILES string of the molecule is C=C=Cc1cc(C(c2ccccc2)c2ccccc2)ccc1OC. The Bertz CT molecular complexity index is 804. The molecule has 0 saturated carbocycles. The summed E-state index contributed by atoms with van der Waals surface area (Å²) in [5.41, 5.74) is 7.59. The normalized spacial score (nSPS) is 10.2. The van der Waals surface area contributed by atoms with Crippen molar-refractivity contribution < 1.29 is 4.74 Å². The lowest BCUT2D eigenvalue weighted by atomic mass is 9.84. The highest BCUT2D eigenvalue weighted by Gasteiger charge is 2.17. The molecule has 0 atom stereocenters. The number of hydrogen-bond acceptors (Lipinski definition) is 1. The molecule has 0 aliphatic rings. The monoisotopic (exact) mass is 312 g/mol. The molecule has 0 bridgehead atoms. The first kappa shape index (κ1) is 15.9. The van der Waals surface area contributed by atoms with E-state index in [1.165, 1.54) is 16.7 Å². The molecule has 3 rings (SSSR count). The van der Waals surface area contributed by atoms with Crippen LogP contribution in [0.4, 0.5) is 0 Å². The lowest BCUT2D eigenvalue weighted by Gasteiger charge is -2.20. The van der Waals surface area contributed by atoms with E-state index in [1.807, 2.05) is 24.3 Å². The molecular formula is C23H20O. The topological polar surface area (TPSA) is 9.23 Å². The van der Waals surface area contributed by atoms with E-state index in [2.05, 4.69) is 73.0 Å². The highest BCUT2D eigenvalue weighted by atomic mass is 16.5. The summed E-state index contributed by atoms with van der Waals surface area (Å²) in [4.78, 5) is 0. The minimum Gasteiger partial charge on any atom is -0.496 e. The van der Waals surface area contributed by atoms with E-state index in [-0.39, 0.29) is 5.92 Å². The summed E-state index contributed by atoms with van der Waals surface area (Å²) >= 11 is 0. The van der Waals surface area contributed by atoms with Gasteiger partial charge in [0.1, 0.15) is 5.75 Å². The summed E-state index contributed by atoms with van der Waals surface area (Å²) in [6.07, 6.45) is 1.86. The predicted octanol–water partition coefficient (Wildman–Crippen LogP) is 5.67. The van der Waals surface area contributed by atoms with Crippen LogP contribution in [0.2, 0.25) is 0 Å². The van der Waals surface area contributed by atoms with Crippen LogP contribution in [0.3, 0.4) is 0 Å². The number of rotatable bonds is 5. The third kappa shape index (κ3) is 3.32. The van der Waals surface area contributed by atoms with E-state index >= 15 is 0 Å². The Morgan fingerprint density at radius 1 is 0.833 bits per heavy atom. The van der Waals surface area contributed by atoms with Gasteiger partial charge in [-0.3, -0.25) is 0 Å². The van der Waals surface area contributed by atoms with Crippen molar-refractivity contribution in [3.8, 4) is 5.75 Å². The molecule has 0 radical (unpaired) electrons. The average Bonchev–Trinajstić information content (AvgIpc) is 2.64. The third-order valence-electron chi connectivity index (χ3n) is 4.11.